The van der Waals surface area contributed by atoms with E-state index in [9.17, 15) is 40.5 Å². The van der Waals surface area contributed by atoms with Gasteiger partial charge in [0.1, 0.15) is 30.2 Å². The third kappa shape index (κ3) is 4.38. The SMILES string of the molecule is CC(/C=C/[C@@]1(O)[C@H](O)CC(=O)CC1(O)O)O[C@@H]1O[C@H](CO)[C@@H](O)[C@H](O)[C@H]1O. The van der Waals surface area contributed by atoms with Crippen molar-refractivity contribution >= 4 is 5.78 Å². The van der Waals surface area contributed by atoms with Gasteiger partial charge in [-0.15, -0.1) is 0 Å². The molecule has 0 radical (unpaired) electrons. The molecule has 0 aromatic rings. The Hall–Kier alpha value is -0.990. The van der Waals surface area contributed by atoms with Gasteiger partial charge in [0.15, 0.2) is 11.9 Å². The highest BCUT2D eigenvalue weighted by Gasteiger charge is 2.56. The number of aliphatic hydroxyl groups is 8. The van der Waals surface area contributed by atoms with Gasteiger partial charge in [0, 0.05) is 6.42 Å². The predicted molar refractivity (Wildman–Crippen MR) is 85.8 cm³/mol. The summed E-state index contributed by atoms with van der Waals surface area (Å²) in [6.45, 7) is 0.796. The molecule has 11 nitrogen and oxygen atoms in total. The molecule has 2 rings (SSSR count). The van der Waals surface area contributed by atoms with Gasteiger partial charge in [-0.05, 0) is 13.0 Å². The van der Waals surface area contributed by atoms with Crippen LogP contribution in [0.15, 0.2) is 12.2 Å². The first-order chi connectivity index (χ1) is 12.4. The van der Waals surface area contributed by atoms with Crippen molar-refractivity contribution in [1.29, 1.82) is 0 Å². The fraction of sp³-hybridized carbons (Fsp3) is 0.812. The number of Topliss-reactive ketones (excluding diaryl/α,β-unsaturated/α-hetero) is 1. The number of hydrogen-bond donors (Lipinski definition) is 8. The quantitative estimate of drug-likeness (QED) is 0.166. The lowest BCUT2D eigenvalue weighted by atomic mass is 9.76. The van der Waals surface area contributed by atoms with Gasteiger partial charge in [-0.2, -0.15) is 0 Å². The topological polar surface area (TPSA) is 197 Å². The Bertz CT molecular complexity index is 563. The summed E-state index contributed by atoms with van der Waals surface area (Å²) in [4.78, 5) is 11.4. The summed E-state index contributed by atoms with van der Waals surface area (Å²) < 4.78 is 10.5. The van der Waals surface area contributed by atoms with E-state index in [1.807, 2.05) is 0 Å². The van der Waals surface area contributed by atoms with Crippen LogP contribution in [0.25, 0.3) is 0 Å². The van der Waals surface area contributed by atoms with E-state index in [2.05, 4.69) is 0 Å². The number of hydrogen-bond acceptors (Lipinski definition) is 11. The van der Waals surface area contributed by atoms with E-state index in [4.69, 9.17) is 14.6 Å². The first-order valence-electron chi connectivity index (χ1n) is 8.45. The minimum Gasteiger partial charge on any atom is -0.394 e. The van der Waals surface area contributed by atoms with E-state index >= 15 is 0 Å². The van der Waals surface area contributed by atoms with Gasteiger partial charge >= 0.3 is 0 Å². The van der Waals surface area contributed by atoms with Crippen molar-refractivity contribution in [3.05, 3.63) is 12.2 Å². The number of ether oxygens (including phenoxy) is 2. The molecule has 0 bridgehead atoms. The molecule has 2 aliphatic rings. The minimum absolute atomic E-state index is 0.467. The van der Waals surface area contributed by atoms with Crippen molar-refractivity contribution in [3.8, 4) is 0 Å². The molecule has 0 spiro atoms. The summed E-state index contributed by atoms with van der Waals surface area (Å²) in [5.74, 6) is -3.52. The highest BCUT2D eigenvalue weighted by molar-refractivity contribution is 5.81. The first kappa shape index (κ1) is 22.3. The molecule has 1 unspecified atom stereocenters. The Kier molecular flexibility index (Phi) is 6.75. The number of rotatable bonds is 5. The molecule has 8 N–H and O–H groups in total. The van der Waals surface area contributed by atoms with E-state index in [1.165, 1.54) is 6.92 Å². The standard InChI is InChI=1S/C16H26O11/c1-7(26-14-13(22)12(21)11(20)9(6-17)27-14)2-3-15(23)10(19)4-8(18)5-16(15,24)25/h2-3,7,9-14,17,19-25H,4-6H2,1H3/b3-2+/t7?,9-,10-,11-,12+,13-,14-,15-/m1/s1. The summed E-state index contributed by atoms with van der Waals surface area (Å²) in [5.41, 5.74) is -2.53. The largest absolute Gasteiger partial charge is 0.394 e. The molecule has 0 amide bonds. The second kappa shape index (κ2) is 8.17. The molecule has 8 atom stereocenters. The maximum Gasteiger partial charge on any atom is 0.205 e. The van der Waals surface area contributed by atoms with Crippen LogP contribution >= 0.6 is 0 Å². The molecule has 0 aromatic carbocycles. The number of aliphatic hydroxyl groups excluding tert-OH is 5. The summed E-state index contributed by atoms with van der Waals surface area (Å²) >= 11 is 0. The maximum absolute atomic E-state index is 11.4. The van der Waals surface area contributed by atoms with E-state index in [0.29, 0.717) is 0 Å². The van der Waals surface area contributed by atoms with Crippen LogP contribution in [0.2, 0.25) is 0 Å². The van der Waals surface area contributed by atoms with Crippen LogP contribution in [-0.4, -0.2) is 108 Å². The fourth-order valence-electron chi connectivity index (χ4n) is 3.09. The van der Waals surface area contributed by atoms with Crippen LogP contribution in [0.3, 0.4) is 0 Å². The van der Waals surface area contributed by atoms with Crippen molar-refractivity contribution in [2.24, 2.45) is 0 Å². The van der Waals surface area contributed by atoms with Gasteiger partial charge in [-0.25, -0.2) is 0 Å². The Balaban J connectivity index is 2.08. The van der Waals surface area contributed by atoms with Crippen molar-refractivity contribution in [2.75, 3.05) is 6.61 Å². The number of carbonyl (C=O) groups excluding carboxylic acids is 1. The van der Waals surface area contributed by atoms with Gasteiger partial charge in [0.2, 0.25) is 5.79 Å². The molecular formula is C16H26O11. The first-order valence-corrected chi connectivity index (χ1v) is 8.45. The van der Waals surface area contributed by atoms with Gasteiger partial charge in [-0.3, -0.25) is 4.79 Å². The van der Waals surface area contributed by atoms with Gasteiger partial charge in [0.05, 0.1) is 25.2 Å². The summed E-state index contributed by atoms with van der Waals surface area (Å²) in [5, 5.41) is 78.7. The van der Waals surface area contributed by atoms with Crippen molar-refractivity contribution in [1.82, 2.24) is 0 Å². The zero-order chi connectivity index (χ0) is 20.6. The molecule has 1 aliphatic carbocycles. The summed E-state index contributed by atoms with van der Waals surface area (Å²) in [6, 6.07) is 0. The van der Waals surface area contributed by atoms with Gasteiger partial charge in [0.25, 0.3) is 0 Å². The average Bonchev–Trinajstić information content (AvgIpc) is 2.58. The van der Waals surface area contributed by atoms with Crippen LogP contribution in [0.4, 0.5) is 0 Å². The van der Waals surface area contributed by atoms with Gasteiger partial charge < -0.3 is 50.3 Å². The Morgan fingerprint density at radius 2 is 1.81 bits per heavy atom. The lowest BCUT2D eigenvalue weighted by Crippen LogP contribution is -2.64. The molecule has 2 fully saturated rings. The molecule has 11 heteroatoms. The average molecular weight is 394 g/mol. The maximum atomic E-state index is 11.4. The zero-order valence-electron chi connectivity index (χ0n) is 14.6. The van der Waals surface area contributed by atoms with Crippen LogP contribution in [0.5, 0.6) is 0 Å². The minimum atomic E-state index is -2.89. The number of carbonyl (C=O) groups is 1. The monoisotopic (exact) mass is 394 g/mol. The Morgan fingerprint density at radius 3 is 2.37 bits per heavy atom. The van der Waals surface area contributed by atoms with Crippen LogP contribution in [0.1, 0.15) is 19.8 Å². The second-order valence-corrected chi connectivity index (χ2v) is 6.97. The molecule has 1 saturated carbocycles. The van der Waals surface area contributed by atoms with Crippen molar-refractivity contribution < 1.29 is 55.1 Å². The van der Waals surface area contributed by atoms with Gasteiger partial charge in [-0.1, -0.05) is 6.08 Å². The molecule has 1 heterocycles. The lowest BCUT2D eigenvalue weighted by molar-refractivity contribution is -0.306. The van der Waals surface area contributed by atoms with E-state index in [1.54, 1.807) is 0 Å². The van der Waals surface area contributed by atoms with Crippen molar-refractivity contribution in [2.45, 2.75) is 74.1 Å². The lowest BCUT2D eigenvalue weighted by Gasteiger charge is -2.44. The van der Waals surface area contributed by atoms with Crippen LogP contribution in [-0.2, 0) is 14.3 Å². The highest BCUT2D eigenvalue weighted by atomic mass is 16.7. The zero-order valence-corrected chi connectivity index (χ0v) is 14.6. The summed E-state index contributed by atoms with van der Waals surface area (Å²) in [7, 11) is 0. The smallest absolute Gasteiger partial charge is 0.205 e. The van der Waals surface area contributed by atoms with Crippen LogP contribution in [0, 0.1) is 0 Å². The Morgan fingerprint density at radius 1 is 1.19 bits per heavy atom. The predicted octanol–water partition coefficient (Wildman–Crippen LogP) is -4.12. The summed E-state index contributed by atoms with van der Waals surface area (Å²) in [6.07, 6.45) is -9.32. The molecule has 0 aromatic heterocycles. The highest BCUT2D eigenvalue weighted by Crippen LogP contribution is 2.35. The van der Waals surface area contributed by atoms with E-state index in [0.717, 1.165) is 12.2 Å². The third-order valence-corrected chi connectivity index (χ3v) is 4.83. The fourth-order valence-corrected chi connectivity index (χ4v) is 3.09. The molecule has 1 saturated heterocycles. The Labute approximate surface area is 154 Å². The van der Waals surface area contributed by atoms with E-state index in [-0.39, 0.29) is 0 Å². The molecule has 1 aliphatic heterocycles. The second-order valence-electron chi connectivity index (χ2n) is 6.97. The molecule has 156 valence electrons. The van der Waals surface area contributed by atoms with E-state index < -0.39 is 79.5 Å². The normalized spacial score (nSPS) is 43.8. The van der Waals surface area contributed by atoms with Crippen LogP contribution < -0.4 is 0 Å². The molecule has 27 heavy (non-hydrogen) atoms. The third-order valence-electron chi connectivity index (χ3n) is 4.83. The molecular weight excluding hydrogens is 368 g/mol. The number of ketones is 1. The van der Waals surface area contributed by atoms with Crippen molar-refractivity contribution in [3.63, 3.8) is 0 Å².